The average Bonchev–Trinajstić information content (AvgIpc) is 2.50. The zero-order valence-electron chi connectivity index (χ0n) is 13.2. The van der Waals surface area contributed by atoms with Crippen LogP contribution in [0.2, 0.25) is 0 Å². The van der Waals surface area contributed by atoms with E-state index in [4.69, 9.17) is 0 Å². The van der Waals surface area contributed by atoms with Gasteiger partial charge in [-0.25, -0.2) is 4.79 Å². The standard InChI is InChI=1S/C16H25N3O2/c1-16(6-8-19(2)9-7-16)12-17-11-14-5-4-13(10-18-14)15(20)21-3/h4-5,10,17H,6-9,11-12H2,1-3H3. The molecule has 0 radical (unpaired) electrons. The van der Waals surface area contributed by atoms with Crippen molar-refractivity contribution < 1.29 is 9.53 Å². The lowest BCUT2D eigenvalue weighted by Gasteiger charge is -2.38. The van der Waals surface area contributed by atoms with E-state index in [-0.39, 0.29) is 5.97 Å². The molecule has 1 N–H and O–H groups in total. The third kappa shape index (κ3) is 4.51. The smallest absolute Gasteiger partial charge is 0.339 e. The quantitative estimate of drug-likeness (QED) is 0.837. The first kappa shape index (κ1) is 15.9. The summed E-state index contributed by atoms with van der Waals surface area (Å²) in [6.45, 7) is 6.42. The van der Waals surface area contributed by atoms with Gasteiger partial charge in [-0.1, -0.05) is 6.92 Å². The first-order valence-corrected chi connectivity index (χ1v) is 7.45. The number of carbonyl (C=O) groups excluding carboxylic acids is 1. The minimum atomic E-state index is -0.346. The zero-order chi connectivity index (χ0) is 15.3. The highest BCUT2D eigenvalue weighted by atomic mass is 16.5. The normalized spacial score (nSPS) is 18.4. The number of hydrogen-bond donors (Lipinski definition) is 1. The van der Waals surface area contributed by atoms with Gasteiger partial charge in [-0.15, -0.1) is 0 Å². The lowest BCUT2D eigenvalue weighted by atomic mass is 9.80. The van der Waals surface area contributed by atoms with Gasteiger partial charge in [0.1, 0.15) is 0 Å². The Morgan fingerprint density at radius 1 is 1.43 bits per heavy atom. The van der Waals surface area contributed by atoms with Crippen LogP contribution in [0.1, 0.15) is 35.8 Å². The number of piperidine rings is 1. The van der Waals surface area contributed by atoms with Gasteiger partial charge in [0.05, 0.1) is 18.4 Å². The minimum Gasteiger partial charge on any atom is -0.465 e. The third-order valence-electron chi connectivity index (χ3n) is 4.30. The minimum absolute atomic E-state index is 0.346. The van der Waals surface area contributed by atoms with Crippen molar-refractivity contribution in [3.8, 4) is 0 Å². The molecule has 5 nitrogen and oxygen atoms in total. The first-order chi connectivity index (χ1) is 10.0. The molecule has 116 valence electrons. The Bertz CT molecular complexity index is 465. The summed E-state index contributed by atoms with van der Waals surface area (Å²) < 4.78 is 4.66. The molecule has 0 atom stereocenters. The molecule has 5 heteroatoms. The summed E-state index contributed by atoms with van der Waals surface area (Å²) in [4.78, 5) is 18.0. The predicted molar refractivity (Wildman–Crippen MR) is 82.1 cm³/mol. The number of nitrogens with zero attached hydrogens (tertiary/aromatic N) is 2. The highest BCUT2D eigenvalue weighted by molar-refractivity contribution is 5.88. The Morgan fingerprint density at radius 3 is 2.71 bits per heavy atom. The van der Waals surface area contributed by atoms with Crippen molar-refractivity contribution in [1.29, 1.82) is 0 Å². The number of hydrogen-bond acceptors (Lipinski definition) is 5. The zero-order valence-corrected chi connectivity index (χ0v) is 13.2. The Morgan fingerprint density at radius 2 is 2.14 bits per heavy atom. The summed E-state index contributed by atoms with van der Waals surface area (Å²) in [5.74, 6) is -0.346. The second kappa shape index (κ2) is 7.00. The van der Waals surface area contributed by atoms with Crippen molar-refractivity contribution in [3.05, 3.63) is 29.6 Å². The Balaban J connectivity index is 1.79. The van der Waals surface area contributed by atoms with Gasteiger partial charge in [0.2, 0.25) is 0 Å². The van der Waals surface area contributed by atoms with E-state index in [9.17, 15) is 4.79 Å². The van der Waals surface area contributed by atoms with Crippen molar-refractivity contribution in [2.24, 2.45) is 5.41 Å². The lowest BCUT2D eigenvalue weighted by Crippen LogP contribution is -2.41. The van der Waals surface area contributed by atoms with Crippen molar-refractivity contribution in [3.63, 3.8) is 0 Å². The number of methoxy groups -OCH3 is 1. The third-order valence-corrected chi connectivity index (χ3v) is 4.30. The molecule has 1 fully saturated rings. The monoisotopic (exact) mass is 291 g/mol. The second-order valence-corrected chi connectivity index (χ2v) is 6.25. The van der Waals surface area contributed by atoms with Gasteiger partial charge in [-0.05, 0) is 50.5 Å². The first-order valence-electron chi connectivity index (χ1n) is 7.45. The second-order valence-electron chi connectivity index (χ2n) is 6.25. The average molecular weight is 291 g/mol. The van der Waals surface area contributed by atoms with Crippen LogP contribution in [0.4, 0.5) is 0 Å². The summed E-state index contributed by atoms with van der Waals surface area (Å²) in [7, 11) is 3.56. The largest absolute Gasteiger partial charge is 0.465 e. The van der Waals surface area contributed by atoms with E-state index in [2.05, 4.69) is 33.9 Å². The van der Waals surface area contributed by atoms with Crippen molar-refractivity contribution in [1.82, 2.24) is 15.2 Å². The molecule has 1 aliphatic rings. The maximum Gasteiger partial charge on any atom is 0.339 e. The van der Waals surface area contributed by atoms with Crippen molar-refractivity contribution in [2.75, 3.05) is 33.8 Å². The molecule has 2 heterocycles. The molecule has 1 aromatic heterocycles. The molecule has 0 saturated carbocycles. The van der Waals surface area contributed by atoms with E-state index < -0.39 is 0 Å². The highest BCUT2D eigenvalue weighted by Gasteiger charge is 2.28. The number of aromatic nitrogens is 1. The number of esters is 1. The number of pyridine rings is 1. The van der Waals surface area contributed by atoms with Gasteiger partial charge in [-0.3, -0.25) is 4.98 Å². The molecule has 21 heavy (non-hydrogen) atoms. The topological polar surface area (TPSA) is 54.5 Å². The van der Waals surface area contributed by atoms with Crippen LogP contribution in [-0.2, 0) is 11.3 Å². The number of rotatable bonds is 5. The summed E-state index contributed by atoms with van der Waals surface area (Å²) in [5, 5.41) is 3.49. The van der Waals surface area contributed by atoms with E-state index in [1.807, 2.05) is 6.07 Å². The molecule has 1 aliphatic heterocycles. The number of likely N-dealkylation sites (tertiary alicyclic amines) is 1. The molecule has 0 unspecified atom stereocenters. The van der Waals surface area contributed by atoms with Crippen molar-refractivity contribution in [2.45, 2.75) is 26.3 Å². The molecule has 1 saturated heterocycles. The molecule has 2 rings (SSSR count). The van der Waals surface area contributed by atoms with Crippen LogP contribution >= 0.6 is 0 Å². The fourth-order valence-corrected chi connectivity index (χ4v) is 2.60. The molecule has 0 spiro atoms. The fourth-order valence-electron chi connectivity index (χ4n) is 2.60. The van der Waals surface area contributed by atoms with Gasteiger partial charge >= 0.3 is 5.97 Å². The van der Waals surface area contributed by atoms with Crippen LogP contribution in [0.15, 0.2) is 18.3 Å². The van der Waals surface area contributed by atoms with Gasteiger partial charge in [-0.2, -0.15) is 0 Å². The lowest BCUT2D eigenvalue weighted by molar-refractivity contribution is 0.0600. The molecular weight excluding hydrogens is 266 g/mol. The van der Waals surface area contributed by atoms with Crippen LogP contribution in [0.3, 0.4) is 0 Å². The van der Waals surface area contributed by atoms with E-state index in [1.165, 1.54) is 33.0 Å². The SMILES string of the molecule is COC(=O)c1ccc(CNCC2(C)CCN(C)CC2)nc1. The maximum atomic E-state index is 11.3. The van der Waals surface area contributed by atoms with Crippen LogP contribution < -0.4 is 5.32 Å². The molecule has 0 aromatic carbocycles. The molecule has 0 bridgehead atoms. The molecule has 1 aromatic rings. The Kier molecular flexibility index (Phi) is 5.31. The molecule has 0 aliphatic carbocycles. The van der Waals surface area contributed by atoms with E-state index in [1.54, 1.807) is 12.3 Å². The summed E-state index contributed by atoms with van der Waals surface area (Å²) in [5.41, 5.74) is 1.81. The fraction of sp³-hybridized carbons (Fsp3) is 0.625. The van der Waals surface area contributed by atoms with Gasteiger partial charge in [0.15, 0.2) is 0 Å². The molecule has 0 amide bonds. The Hall–Kier alpha value is -1.46. The van der Waals surface area contributed by atoms with Gasteiger partial charge in [0.25, 0.3) is 0 Å². The molecular formula is C16H25N3O2. The van der Waals surface area contributed by atoms with Crippen LogP contribution in [0.25, 0.3) is 0 Å². The van der Waals surface area contributed by atoms with Crippen LogP contribution in [0, 0.1) is 5.41 Å². The van der Waals surface area contributed by atoms with E-state index >= 15 is 0 Å². The predicted octanol–water partition coefficient (Wildman–Crippen LogP) is 1.69. The summed E-state index contributed by atoms with van der Waals surface area (Å²) >= 11 is 0. The summed E-state index contributed by atoms with van der Waals surface area (Å²) in [6, 6.07) is 3.63. The van der Waals surface area contributed by atoms with Crippen LogP contribution in [-0.4, -0.2) is 49.6 Å². The highest BCUT2D eigenvalue weighted by Crippen LogP contribution is 2.29. The number of ether oxygens (including phenoxy) is 1. The van der Waals surface area contributed by atoms with Crippen molar-refractivity contribution >= 4 is 5.97 Å². The number of nitrogens with one attached hydrogen (secondary N) is 1. The van der Waals surface area contributed by atoms with E-state index in [0.717, 1.165) is 18.8 Å². The van der Waals surface area contributed by atoms with Crippen LogP contribution in [0.5, 0.6) is 0 Å². The van der Waals surface area contributed by atoms with Gasteiger partial charge in [0, 0.05) is 19.3 Å². The van der Waals surface area contributed by atoms with Gasteiger partial charge < -0.3 is 15.0 Å². The Labute approximate surface area is 126 Å². The van der Waals surface area contributed by atoms with E-state index in [0.29, 0.717) is 11.0 Å². The summed E-state index contributed by atoms with van der Waals surface area (Å²) in [6.07, 6.45) is 4.02. The number of carbonyl (C=O) groups is 1. The maximum absolute atomic E-state index is 11.3.